The molecule has 1 rings (SSSR count). The summed E-state index contributed by atoms with van der Waals surface area (Å²) in [7, 11) is 0. The molecule has 0 radical (unpaired) electrons. The average molecular weight is 468 g/mol. The van der Waals surface area contributed by atoms with Gasteiger partial charge in [-0.25, -0.2) is 0 Å². The number of hydrogen-bond acceptors (Lipinski definition) is 0. The third kappa shape index (κ3) is 18.1. The number of hydrogen-bond donors (Lipinski definition) is 0. The Labute approximate surface area is 191 Å². The molecule has 1 nitrogen and oxygen atoms in total. The summed E-state index contributed by atoms with van der Waals surface area (Å²) >= 11 is 3.48. The van der Waals surface area contributed by atoms with Crippen LogP contribution in [0, 0.1) is 0 Å². The second kappa shape index (κ2) is 20.9. The lowest BCUT2D eigenvalue weighted by Gasteiger charge is -2.04. The number of pyridine rings is 1. The minimum atomic E-state index is 1.21. The van der Waals surface area contributed by atoms with Crippen LogP contribution in [0.5, 0.6) is 0 Å². The van der Waals surface area contributed by atoms with Crippen molar-refractivity contribution in [2.75, 3.05) is 0 Å². The maximum Gasteiger partial charge on any atom is 0.331 e. The van der Waals surface area contributed by atoms with Gasteiger partial charge in [0.15, 0.2) is 12.4 Å². The molecule has 0 aliphatic carbocycles. The Morgan fingerprint density at radius 2 is 0.966 bits per heavy atom. The minimum absolute atomic E-state index is 1.21. The third-order valence-electron chi connectivity index (χ3n) is 6.15. The molecule has 29 heavy (non-hydrogen) atoms. The smallest absolute Gasteiger partial charge is 0.130 e. The first kappa shape index (κ1) is 26.7. The predicted octanol–water partition coefficient (Wildman–Crippen LogP) is 9.50. The van der Waals surface area contributed by atoms with Gasteiger partial charge < -0.3 is 0 Å². The summed E-state index contributed by atoms with van der Waals surface area (Å²) in [6, 6.07) is 4.34. The number of aromatic nitrogens is 1. The van der Waals surface area contributed by atoms with E-state index < -0.39 is 0 Å². The lowest BCUT2D eigenvalue weighted by Crippen LogP contribution is -2.17. The molecule has 0 aromatic carbocycles. The van der Waals surface area contributed by atoms with Crippen molar-refractivity contribution in [2.45, 2.75) is 142 Å². The van der Waals surface area contributed by atoms with Gasteiger partial charge in [-0.3, -0.25) is 0 Å². The van der Waals surface area contributed by atoms with Crippen LogP contribution in [0.15, 0.2) is 24.5 Å². The average Bonchev–Trinajstić information content (AvgIpc) is 2.72. The number of halogens is 1. The monoisotopic (exact) mass is 466 g/mol. The molecule has 0 saturated heterocycles. The summed E-state index contributed by atoms with van der Waals surface area (Å²) in [5, 5.41) is 0. The van der Waals surface area contributed by atoms with Gasteiger partial charge in [0.05, 0.1) is 0 Å². The van der Waals surface area contributed by atoms with Crippen molar-refractivity contribution in [3.05, 3.63) is 30.1 Å². The predicted molar refractivity (Wildman–Crippen MR) is 133 cm³/mol. The summed E-state index contributed by atoms with van der Waals surface area (Å²) in [4.78, 5) is 0. The Hall–Kier alpha value is -0.370. The molecule has 0 amide bonds. The quantitative estimate of drug-likeness (QED) is 0.159. The number of nitrogens with zero attached hydrogens (tertiary/aromatic N) is 1. The van der Waals surface area contributed by atoms with Gasteiger partial charge in [0, 0.05) is 11.6 Å². The van der Waals surface area contributed by atoms with Gasteiger partial charge in [0.1, 0.15) is 0 Å². The molecule has 2 heteroatoms. The molecule has 0 spiro atoms. The summed E-state index contributed by atoms with van der Waals surface area (Å²) in [6.45, 7) is 2.30. The van der Waals surface area contributed by atoms with Crippen molar-refractivity contribution < 1.29 is 3.59 Å². The van der Waals surface area contributed by atoms with Crippen LogP contribution in [0.25, 0.3) is 0 Å². The van der Waals surface area contributed by atoms with E-state index in [0.29, 0.717) is 0 Å². The highest BCUT2D eigenvalue weighted by atomic mass is 79.9. The summed E-state index contributed by atoms with van der Waals surface area (Å²) in [5.41, 5.74) is 1.44. The molecule has 0 aliphatic rings. The lowest BCUT2D eigenvalue weighted by atomic mass is 10.0. The standard InChI is InChI=1S/C27H49BrN/c1-2-3-4-5-6-7-8-9-10-11-12-13-14-15-16-17-18-19-20-21-23-27-24-22-25-29(28)26-27/h22,24-26H,2-21,23H2,1H3/q+1. The molecule has 168 valence electrons. The fourth-order valence-corrected chi connectivity index (χ4v) is 4.63. The first-order chi connectivity index (χ1) is 14.3. The van der Waals surface area contributed by atoms with Gasteiger partial charge in [0.25, 0.3) is 0 Å². The zero-order valence-electron chi connectivity index (χ0n) is 19.5. The largest absolute Gasteiger partial charge is 0.331 e. The SMILES string of the molecule is CCCCCCCCCCCCCCCCCCCCCCc1ccc[n+](Br)c1. The molecule has 1 heterocycles. The van der Waals surface area contributed by atoms with Gasteiger partial charge in [-0.1, -0.05) is 129 Å². The van der Waals surface area contributed by atoms with Crippen LogP contribution in [0.1, 0.15) is 141 Å². The fraction of sp³-hybridized carbons (Fsp3) is 0.815. The van der Waals surface area contributed by atoms with Crippen LogP contribution < -0.4 is 3.59 Å². The maximum absolute atomic E-state index is 3.48. The van der Waals surface area contributed by atoms with Gasteiger partial charge in [-0.15, -0.1) is 3.59 Å². The third-order valence-corrected chi connectivity index (χ3v) is 6.59. The highest BCUT2D eigenvalue weighted by molar-refractivity contribution is 9.04. The van der Waals surface area contributed by atoms with Crippen molar-refractivity contribution in [1.29, 1.82) is 0 Å². The highest BCUT2D eigenvalue weighted by Gasteiger charge is 2.00. The van der Waals surface area contributed by atoms with Gasteiger partial charge >= 0.3 is 16.1 Å². The molecular weight excluding hydrogens is 418 g/mol. The van der Waals surface area contributed by atoms with Crippen molar-refractivity contribution >= 4 is 16.1 Å². The maximum atomic E-state index is 3.48. The molecule has 0 aliphatic heterocycles. The number of unbranched alkanes of at least 4 members (excludes halogenated alkanes) is 19. The summed E-state index contributed by atoms with van der Waals surface area (Å²) < 4.78 is 1.97. The fourth-order valence-electron chi connectivity index (χ4n) is 4.23. The topological polar surface area (TPSA) is 3.88 Å². The normalized spacial score (nSPS) is 11.2. The van der Waals surface area contributed by atoms with E-state index in [0.717, 1.165) is 0 Å². The van der Waals surface area contributed by atoms with E-state index in [1.165, 1.54) is 140 Å². The second-order valence-corrected chi connectivity index (χ2v) is 9.84. The summed E-state index contributed by atoms with van der Waals surface area (Å²) in [6.07, 6.45) is 34.4. The minimum Gasteiger partial charge on any atom is -0.130 e. The van der Waals surface area contributed by atoms with E-state index in [1.807, 2.05) is 9.79 Å². The van der Waals surface area contributed by atoms with Crippen LogP contribution >= 0.6 is 16.1 Å². The van der Waals surface area contributed by atoms with Gasteiger partial charge in [-0.05, 0) is 18.9 Å². The van der Waals surface area contributed by atoms with E-state index in [2.05, 4.69) is 41.4 Å². The van der Waals surface area contributed by atoms with Crippen LogP contribution in [-0.2, 0) is 6.42 Å². The highest BCUT2D eigenvalue weighted by Crippen LogP contribution is 2.15. The Kier molecular flexibility index (Phi) is 19.2. The van der Waals surface area contributed by atoms with Crippen LogP contribution in [-0.4, -0.2) is 0 Å². The Morgan fingerprint density at radius 3 is 1.34 bits per heavy atom. The number of aryl methyl sites for hydroxylation is 1. The first-order valence-electron chi connectivity index (χ1n) is 13.0. The molecule has 0 bridgehead atoms. The van der Waals surface area contributed by atoms with Crippen LogP contribution in [0.3, 0.4) is 0 Å². The van der Waals surface area contributed by atoms with E-state index in [-0.39, 0.29) is 0 Å². The molecular formula is C27H49BrN+. The summed E-state index contributed by atoms with van der Waals surface area (Å²) in [5.74, 6) is 0. The molecule has 1 aromatic heterocycles. The Bertz CT molecular complexity index is 460. The van der Waals surface area contributed by atoms with Crippen molar-refractivity contribution in [1.82, 2.24) is 0 Å². The van der Waals surface area contributed by atoms with Crippen molar-refractivity contribution in [3.8, 4) is 0 Å². The first-order valence-corrected chi connectivity index (χ1v) is 13.7. The van der Waals surface area contributed by atoms with Gasteiger partial charge in [0.2, 0.25) is 0 Å². The van der Waals surface area contributed by atoms with E-state index in [9.17, 15) is 0 Å². The van der Waals surface area contributed by atoms with Crippen LogP contribution in [0.2, 0.25) is 0 Å². The molecule has 0 unspecified atom stereocenters. The zero-order valence-corrected chi connectivity index (χ0v) is 21.1. The zero-order chi connectivity index (χ0) is 20.8. The molecule has 0 fully saturated rings. The lowest BCUT2D eigenvalue weighted by molar-refractivity contribution is -0.474. The van der Waals surface area contributed by atoms with Crippen molar-refractivity contribution in [2.24, 2.45) is 0 Å². The number of rotatable bonds is 21. The van der Waals surface area contributed by atoms with Gasteiger partial charge in [-0.2, -0.15) is 0 Å². The molecule has 0 saturated carbocycles. The molecule has 0 atom stereocenters. The Balaban J connectivity index is 1.70. The Morgan fingerprint density at radius 1 is 0.586 bits per heavy atom. The van der Waals surface area contributed by atoms with Crippen LogP contribution in [0.4, 0.5) is 0 Å². The van der Waals surface area contributed by atoms with E-state index in [4.69, 9.17) is 0 Å². The molecule has 0 N–H and O–H groups in total. The van der Waals surface area contributed by atoms with E-state index in [1.54, 1.807) is 0 Å². The van der Waals surface area contributed by atoms with Crippen molar-refractivity contribution in [3.63, 3.8) is 0 Å². The van der Waals surface area contributed by atoms with E-state index >= 15 is 0 Å². The molecule has 1 aromatic rings. The second-order valence-electron chi connectivity index (χ2n) is 9.02.